The molecular weight excluding hydrogens is 239 g/mol. The Hall–Kier alpha value is -0.930. The van der Waals surface area contributed by atoms with E-state index < -0.39 is 0 Å². The second kappa shape index (κ2) is 7.61. The Morgan fingerprint density at radius 1 is 1.32 bits per heavy atom. The fourth-order valence-electron chi connectivity index (χ4n) is 2.73. The Morgan fingerprint density at radius 2 is 2.11 bits per heavy atom. The molecule has 2 nitrogen and oxygen atoms in total. The van der Waals surface area contributed by atoms with E-state index in [0.29, 0.717) is 0 Å². The van der Waals surface area contributed by atoms with Crippen LogP contribution in [0.15, 0.2) is 24.3 Å². The summed E-state index contributed by atoms with van der Waals surface area (Å²) in [4.78, 5) is 2.44. The van der Waals surface area contributed by atoms with Crippen molar-refractivity contribution in [3.8, 4) is 0 Å². The van der Waals surface area contributed by atoms with Gasteiger partial charge in [-0.3, -0.25) is 4.90 Å². The molecule has 3 heteroatoms. The van der Waals surface area contributed by atoms with Crippen molar-refractivity contribution in [1.82, 2.24) is 10.2 Å². The van der Waals surface area contributed by atoms with E-state index in [0.717, 1.165) is 44.2 Å². The molecule has 0 saturated carbocycles. The highest BCUT2D eigenvalue weighted by Gasteiger charge is 2.18. The molecular formula is C16H25FN2. The summed E-state index contributed by atoms with van der Waals surface area (Å²) in [5.74, 6) is 0.687. The van der Waals surface area contributed by atoms with Gasteiger partial charge >= 0.3 is 0 Å². The van der Waals surface area contributed by atoms with Gasteiger partial charge in [0.25, 0.3) is 0 Å². The van der Waals surface area contributed by atoms with Gasteiger partial charge in [-0.2, -0.15) is 0 Å². The monoisotopic (exact) mass is 264 g/mol. The van der Waals surface area contributed by atoms with Crippen molar-refractivity contribution in [1.29, 1.82) is 0 Å². The first-order valence-electron chi connectivity index (χ1n) is 7.45. The highest BCUT2D eigenvalue weighted by molar-refractivity contribution is 5.16. The third-order valence-corrected chi connectivity index (χ3v) is 3.86. The first-order valence-corrected chi connectivity index (χ1v) is 7.45. The number of hydrogen-bond donors (Lipinski definition) is 1. The Morgan fingerprint density at radius 3 is 2.79 bits per heavy atom. The van der Waals surface area contributed by atoms with Crippen molar-refractivity contribution >= 4 is 0 Å². The number of nitrogens with zero attached hydrogens (tertiary/aromatic N) is 1. The van der Waals surface area contributed by atoms with Crippen molar-refractivity contribution < 1.29 is 4.39 Å². The lowest BCUT2D eigenvalue weighted by atomic mass is 9.96. The summed E-state index contributed by atoms with van der Waals surface area (Å²) in [6.45, 7) is 7.64. The molecule has 106 valence electrons. The van der Waals surface area contributed by atoms with Crippen molar-refractivity contribution in [2.45, 2.75) is 32.7 Å². The highest BCUT2D eigenvalue weighted by atomic mass is 19.1. The van der Waals surface area contributed by atoms with Crippen LogP contribution >= 0.6 is 0 Å². The molecule has 2 rings (SSSR count). The first-order chi connectivity index (χ1) is 9.28. The lowest BCUT2D eigenvalue weighted by Crippen LogP contribution is -2.37. The predicted octanol–water partition coefficient (Wildman–Crippen LogP) is 3.04. The van der Waals surface area contributed by atoms with Gasteiger partial charge in [-0.05, 0) is 69.1 Å². The van der Waals surface area contributed by atoms with E-state index in [4.69, 9.17) is 0 Å². The molecule has 1 saturated heterocycles. The van der Waals surface area contributed by atoms with Crippen molar-refractivity contribution in [2.75, 3.05) is 26.2 Å². The van der Waals surface area contributed by atoms with E-state index in [1.165, 1.54) is 25.3 Å². The lowest BCUT2D eigenvalue weighted by molar-refractivity contribution is 0.175. The maximum absolute atomic E-state index is 13.1. The summed E-state index contributed by atoms with van der Waals surface area (Å²) < 4.78 is 13.1. The molecule has 0 radical (unpaired) electrons. The third-order valence-electron chi connectivity index (χ3n) is 3.86. The van der Waals surface area contributed by atoms with Crippen molar-refractivity contribution in [2.24, 2.45) is 5.92 Å². The number of nitrogens with one attached hydrogen (secondary N) is 1. The van der Waals surface area contributed by atoms with Crippen molar-refractivity contribution in [3.63, 3.8) is 0 Å². The van der Waals surface area contributed by atoms with Crippen LogP contribution in [-0.4, -0.2) is 31.1 Å². The van der Waals surface area contributed by atoms with Gasteiger partial charge < -0.3 is 5.32 Å². The Balaban J connectivity index is 1.71. The van der Waals surface area contributed by atoms with Gasteiger partial charge in [-0.1, -0.05) is 19.1 Å². The molecule has 0 spiro atoms. The number of halogens is 1. The van der Waals surface area contributed by atoms with E-state index in [9.17, 15) is 4.39 Å². The minimum atomic E-state index is -0.129. The van der Waals surface area contributed by atoms with Gasteiger partial charge in [-0.25, -0.2) is 4.39 Å². The molecule has 0 aromatic heterocycles. The fourth-order valence-corrected chi connectivity index (χ4v) is 2.73. The average Bonchev–Trinajstić information content (AvgIpc) is 2.41. The normalized spacial score (nSPS) is 17.8. The second-order valence-corrected chi connectivity index (χ2v) is 5.55. The highest BCUT2D eigenvalue weighted by Crippen LogP contribution is 2.18. The van der Waals surface area contributed by atoms with Gasteiger partial charge in [0.05, 0.1) is 0 Å². The lowest BCUT2D eigenvalue weighted by Gasteiger charge is -2.32. The van der Waals surface area contributed by atoms with Gasteiger partial charge in [0.2, 0.25) is 0 Å². The number of piperidine rings is 1. The largest absolute Gasteiger partial charge is 0.316 e. The molecule has 19 heavy (non-hydrogen) atoms. The molecule has 1 N–H and O–H groups in total. The van der Waals surface area contributed by atoms with Crippen molar-refractivity contribution in [3.05, 3.63) is 35.6 Å². The van der Waals surface area contributed by atoms with Crippen LogP contribution in [0.5, 0.6) is 0 Å². The molecule has 0 bridgehead atoms. The summed E-state index contributed by atoms with van der Waals surface area (Å²) in [6.07, 6.45) is 3.72. The van der Waals surface area contributed by atoms with Crippen LogP contribution in [-0.2, 0) is 6.54 Å². The standard InChI is InChI=1S/C16H25FN2/c1-2-8-18-12-14-6-9-19(10-7-14)13-15-4-3-5-16(17)11-15/h3-5,11,14,18H,2,6-10,12-13H2,1H3. The Labute approximate surface area is 116 Å². The van der Waals surface area contributed by atoms with Crippen LogP contribution in [0.2, 0.25) is 0 Å². The van der Waals surface area contributed by atoms with Gasteiger partial charge in [0, 0.05) is 6.54 Å². The molecule has 1 aromatic rings. The summed E-state index contributed by atoms with van der Waals surface area (Å²) in [5, 5.41) is 3.51. The van der Waals surface area contributed by atoms with Gasteiger partial charge in [0.1, 0.15) is 5.82 Å². The molecule has 0 aliphatic carbocycles. The maximum Gasteiger partial charge on any atom is 0.123 e. The maximum atomic E-state index is 13.1. The molecule has 0 atom stereocenters. The van der Waals surface area contributed by atoms with E-state index in [1.807, 2.05) is 6.07 Å². The molecule has 0 unspecified atom stereocenters. The SMILES string of the molecule is CCCNCC1CCN(Cc2cccc(F)c2)CC1. The van der Waals surface area contributed by atoms with Gasteiger partial charge in [-0.15, -0.1) is 0 Å². The second-order valence-electron chi connectivity index (χ2n) is 5.55. The quantitative estimate of drug-likeness (QED) is 0.795. The number of likely N-dealkylation sites (tertiary alicyclic amines) is 1. The van der Waals surface area contributed by atoms with Crippen LogP contribution in [0.1, 0.15) is 31.7 Å². The van der Waals surface area contributed by atoms with Gasteiger partial charge in [0.15, 0.2) is 0 Å². The zero-order valence-electron chi connectivity index (χ0n) is 11.9. The Kier molecular flexibility index (Phi) is 5.80. The Bertz CT molecular complexity index is 373. The van der Waals surface area contributed by atoms with E-state index in [-0.39, 0.29) is 5.82 Å². The first kappa shape index (κ1) is 14.5. The number of benzene rings is 1. The summed E-state index contributed by atoms with van der Waals surface area (Å²) >= 11 is 0. The summed E-state index contributed by atoms with van der Waals surface area (Å²) in [6, 6.07) is 6.97. The number of hydrogen-bond acceptors (Lipinski definition) is 2. The molecule has 1 aliphatic heterocycles. The van der Waals surface area contributed by atoms with Crippen LogP contribution in [0.3, 0.4) is 0 Å². The minimum absolute atomic E-state index is 0.129. The van der Waals surface area contributed by atoms with Crippen LogP contribution in [0.25, 0.3) is 0 Å². The van der Waals surface area contributed by atoms with Crippen LogP contribution in [0, 0.1) is 11.7 Å². The third kappa shape index (κ3) is 4.92. The molecule has 1 aliphatic rings. The van der Waals surface area contributed by atoms with Crippen LogP contribution < -0.4 is 5.32 Å². The summed E-state index contributed by atoms with van der Waals surface area (Å²) in [7, 11) is 0. The zero-order valence-corrected chi connectivity index (χ0v) is 11.9. The molecule has 0 amide bonds. The topological polar surface area (TPSA) is 15.3 Å². The zero-order chi connectivity index (χ0) is 13.5. The minimum Gasteiger partial charge on any atom is -0.316 e. The van der Waals surface area contributed by atoms with Crippen LogP contribution in [0.4, 0.5) is 4.39 Å². The fraction of sp³-hybridized carbons (Fsp3) is 0.625. The smallest absolute Gasteiger partial charge is 0.123 e. The average molecular weight is 264 g/mol. The van der Waals surface area contributed by atoms with E-state index >= 15 is 0 Å². The summed E-state index contributed by atoms with van der Waals surface area (Å²) in [5.41, 5.74) is 1.09. The molecule has 1 aromatic carbocycles. The number of rotatable bonds is 6. The van der Waals surface area contributed by atoms with E-state index in [1.54, 1.807) is 12.1 Å². The van der Waals surface area contributed by atoms with E-state index in [2.05, 4.69) is 17.1 Å². The predicted molar refractivity (Wildman–Crippen MR) is 77.6 cm³/mol. The molecule has 1 fully saturated rings. The molecule has 1 heterocycles.